The van der Waals surface area contributed by atoms with Crippen molar-refractivity contribution in [2.24, 2.45) is 0 Å². The number of aromatic nitrogens is 1. The lowest BCUT2D eigenvalue weighted by Crippen LogP contribution is -2.45. The third kappa shape index (κ3) is 2.47. The van der Waals surface area contributed by atoms with Gasteiger partial charge in [-0.3, -0.25) is 0 Å². The summed E-state index contributed by atoms with van der Waals surface area (Å²) in [6.45, 7) is 6.29. The van der Waals surface area contributed by atoms with Crippen LogP contribution >= 0.6 is 27.3 Å². The molecular weight excluding hydrogens is 288 g/mol. The predicted octanol–water partition coefficient (Wildman–Crippen LogP) is 2.60. The molecule has 0 radical (unpaired) electrons. The zero-order valence-electron chi connectivity index (χ0n) is 9.61. The molecule has 16 heavy (non-hydrogen) atoms. The Morgan fingerprint density at radius 2 is 2.12 bits per heavy atom. The minimum absolute atomic E-state index is 0.562. The van der Waals surface area contributed by atoms with Crippen LogP contribution in [-0.4, -0.2) is 34.1 Å². The van der Waals surface area contributed by atoms with Crippen LogP contribution in [0.5, 0.6) is 0 Å². The molecule has 0 spiro atoms. The maximum absolute atomic E-state index is 10.6. The molecule has 0 saturated carbocycles. The van der Waals surface area contributed by atoms with Crippen LogP contribution in [0.2, 0.25) is 0 Å². The van der Waals surface area contributed by atoms with Crippen LogP contribution in [0.1, 0.15) is 32.4 Å². The molecule has 1 aromatic rings. The Bertz CT molecular complexity index is 359. The Kier molecular flexibility index (Phi) is 3.69. The van der Waals surface area contributed by atoms with E-state index >= 15 is 0 Å². The molecule has 1 aliphatic heterocycles. The molecule has 0 unspecified atom stereocenters. The topological polar surface area (TPSA) is 36.4 Å². The van der Waals surface area contributed by atoms with E-state index < -0.39 is 5.60 Å². The lowest BCUT2D eigenvalue weighted by Gasteiger charge is -2.39. The summed E-state index contributed by atoms with van der Waals surface area (Å²) >= 11 is 4.88. The second-order valence-corrected chi connectivity index (χ2v) is 6.78. The Balaban J connectivity index is 2.06. The van der Waals surface area contributed by atoms with Crippen LogP contribution in [0.3, 0.4) is 0 Å². The summed E-state index contributed by atoms with van der Waals surface area (Å²) < 4.78 is 0.849. The quantitative estimate of drug-likeness (QED) is 0.912. The lowest BCUT2D eigenvalue weighted by molar-refractivity contribution is -0.0352. The van der Waals surface area contributed by atoms with Crippen molar-refractivity contribution >= 4 is 27.3 Å². The first-order valence-corrected chi connectivity index (χ1v) is 7.26. The number of piperidine rings is 1. The highest BCUT2D eigenvalue weighted by atomic mass is 79.9. The van der Waals surface area contributed by atoms with E-state index in [-0.39, 0.29) is 0 Å². The van der Waals surface area contributed by atoms with Gasteiger partial charge in [0.05, 0.1) is 5.69 Å². The predicted molar refractivity (Wildman–Crippen MR) is 69.7 cm³/mol. The molecular formula is C11H17BrN2OS. The van der Waals surface area contributed by atoms with Gasteiger partial charge in [0.25, 0.3) is 0 Å². The highest BCUT2D eigenvalue weighted by Gasteiger charge is 2.36. The van der Waals surface area contributed by atoms with Gasteiger partial charge in [0, 0.05) is 24.5 Å². The summed E-state index contributed by atoms with van der Waals surface area (Å²) in [5.41, 5.74) is 0.112. The van der Waals surface area contributed by atoms with Gasteiger partial charge in [0.1, 0.15) is 5.60 Å². The summed E-state index contributed by atoms with van der Waals surface area (Å²) in [4.78, 5) is 6.74. The Hall–Kier alpha value is 0.0300. The maximum atomic E-state index is 10.6. The third-order valence-corrected chi connectivity index (χ3v) is 4.67. The minimum Gasteiger partial charge on any atom is -0.383 e. The molecule has 0 amide bonds. The molecule has 0 atom stereocenters. The number of rotatable bonds is 2. The van der Waals surface area contributed by atoms with Crippen molar-refractivity contribution in [1.82, 2.24) is 9.88 Å². The SMILES string of the molecule is CC(C)N1CCC(O)(c2csc(Br)n2)CC1. The van der Waals surface area contributed by atoms with E-state index in [1.807, 2.05) is 5.38 Å². The van der Waals surface area contributed by atoms with Crippen molar-refractivity contribution in [2.75, 3.05) is 13.1 Å². The first-order valence-electron chi connectivity index (χ1n) is 5.59. The summed E-state index contributed by atoms with van der Waals surface area (Å²) in [7, 11) is 0. The van der Waals surface area contributed by atoms with Crippen molar-refractivity contribution < 1.29 is 5.11 Å². The Morgan fingerprint density at radius 3 is 2.56 bits per heavy atom. The molecule has 2 heterocycles. The van der Waals surface area contributed by atoms with E-state index in [2.05, 4.69) is 39.7 Å². The van der Waals surface area contributed by atoms with Gasteiger partial charge >= 0.3 is 0 Å². The largest absolute Gasteiger partial charge is 0.383 e. The summed E-state index contributed by atoms with van der Waals surface area (Å²) in [6, 6.07) is 0.562. The van der Waals surface area contributed by atoms with Crippen LogP contribution in [-0.2, 0) is 5.60 Å². The molecule has 1 N–H and O–H groups in total. The average Bonchev–Trinajstić information content (AvgIpc) is 2.66. The van der Waals surface area contributed by atoms with Crippen LogP contribution in [0, 0.1) is 0 Å². The van der Waals surface area contributed by atoms with Gasteiger partial charge in [0.2, 0.25) is 0 Å². The van der Waals surface area contributed by atoms with E-state index in [0.717, 1.165) is 35.5 Å². The fourth-order valence-corrected chi connectivity index (χ4v) is 3.24. The van der Waals surface area contributed by atoms with Crippen molar-refractivity contribution in [1.29, 1.82) is 0 Å². The number of halogens is 1. The molecule has 0 aliphatic carbocycles. The van der Waals surface area contributed by atoms with E-state index in [0.29, 0.717) is 6.04 Å². The number of hydrogen-bond donors (Lipinski definition) is 1. The van der Waals surface area contributed by atoms with Gasteiger partial charge in [-0.05, 0) is 42.6 Å². The molecule has 5 heteroatoms. The van der Waals surface area contributed by atoms with Crippen molar-refractivity contribution in [3.8, 4) is 0 Å². The van der Waals surface area contributed by atoms with Crippen LogP contribution in [0.4, 0.5) is 0 Å². The number of hydrogen-bond acceptors (Lipinski definition) is 4. The van der Waals surface area contributed by atoms with Gasteiger partial charge in [-0.1, -0.05) is 0 Å². The van der Waals surface area contributed by atoms with Crippen LogP contribution in [0.15, 0.2) is 9.30 Å². The number of nitrogens with zero attached hydrogens (tertiary/aromatic N) is 2. The van der Waals surface area contributed by atoms with Crippen molar-refractivity contribution in [3.05, 3.63) is 15.0 Å². The second-order valence-electron chi connectivity index (χ2n) is 4.65. The highest BCUT2D eigenvalue weighted by Crippen LogP contribution is 2.34. The van der Waals surface area contributed by atoms with E-state index in [1.54, 1.807) is 0 Å². The number of likely N-dealkylation sites (tertiary alicyclic amines) is 1. The minimum atomic E-state index is -0.714. The van der Waals surface area contributed by atoms with Gasteiger partial charge in [-0.15, -0.1) is 11.3 Å². The van der Waals surface area contributed by atoms with Crippen LogP contribution < -0.4 is 0 Å². The Labute approximate surface area is 109 Å². The van der Waals surface area contributed by atoms with Crippen molar-refractivity contribution in [3.63, 3.8) is 0 Å². The maximum Gasteiger partial charge on any atom is 0.159 e. The highest BCUT2D eigenvalue weighted by molar-refractivity contribution is 9.11. The molecule has 1 fully saturated rings. The monoisotopic (exact) mass is 304 g/mol. The summed E-state index contributed by atoms with van der Waals surface area (Å²) in [5.74, 6) is 0. The zero-order chi connectivity index (χ0) is 11.8. The molecule has 1 saturated heterocycles. The average molecular weight is 305 g/mol. The summed E-state index contributed by atoms with van der Waals surface area (Å²) in [5, 5.41) is 12.5. The first-order chi connectivity index (χ1) is 7.51. The second kappa shape index (κ2) is 4.72. The van der Waals surface area contributed by atoms with E-state index in [9.17, 15) is 5.11 Å². The molecule has 0 aromatic carbocycles. The molecule has 3 nitrogen and oxygen atoms in total. The summed E-state index contributed by atoms with van der Waals surface area (Å²) in [6.07, 6.45) is 1.56. The van der Waals surface area contributed by atoms with Gasteiger partial charge in [-0.2, -0.15) is 0 Å². The molecule has 2 rings (SSSR count). The molecule has 0 bridgehead atoms. The van der Waals surface area contributed by atoms with Gasteiger partial charge in [0.15, 0.2) is 3.92 Å². The Morgan fingerprint density at radius 1 is 1.50 bits per heavy atom. The van der Waals surface area contributed by atoms with Crippen LogP contribution in [0.25, 0.3) is 0 Å². The fourth-order valence-electron chi connectivity index (χ4n) is 2.13. The van der Waals surface area contributed by atoms with Crippen molar-refractivity contribution in [2.45, 2.75) is 38.3 Å². The fraction of sp³-hybridized carbons (Fsp3) is 0.727. The normalized spacial score (nSPS) is 21.6. The number of thiazole rings is 1. The standard InChI is InChI=1S/C11H17BrN2OS/c1-8(2)14-5-3-11(15,4-6-14)9-7-16-10(12)13-9/h7-8,15H,3-6H2,1-2H3. The molecule has 1 aromatic heterocycles. The molecule has 1 aliphatic rings. The smallest absolute Gasteiger partial charge is 0.159 e. The van der Waals surface area contributed by atoms with Gasteiger partial charge < -0.3 is 10.0 Å². The first kappa shape index (κ1) is 12.5. The lowest BCUT2D eigenvalue weighted by atomic mass is 9.88. The third-order valence-electron chi connectivity index (χ3n) is 3.31. The molecule has 90 valence electrons. The zero-order valence-corrected chi connectivity index (χ0v) is 12.0. The van der Waals surface area contributed by atoms with Gasteiger partial charge in [-0.25, -0.2) is 4.98 Å². The van der Waals surface area contributed by atoms with E-state index in [4.69, 9.17) is 0 Å². The number of aliphatic hydroxyl groups is 1. The van der Waals surface area contributed by atoms with E-state index in [1.165, 1.54) is 11.3 Å².